The zero-order chi connectivity index (χ0) is 8.97. The Kier molecular flexibility index (Phi) is 4.05. The van der Waals surface area contributed by atoms with Crippen molar-refractivity contribution in [1.29, 1.82) is 0 Å². The van der Waals surface area contributed by atoms with Gasteiger partial charge in [-0.3, -0.25) is 0 Å². The molecule has 0 bridgehead atoms. The Balaban J connectivity index is 2.27. The third kappa shape index (κ3) is 3.13. The second-order valence-electron chi connectivity index (χ2n) is 3.02. The second-order valence-corrected chi connectivity index (χ2v) is 5.18. The molecule has 68 valence electrons. The number of hydrogen-bond donors (Lipinski definition) is 1. The molecular weight excluding hydrogens is 188 g/mol. The van der Waals surface area contributed by atoms with E-state index in [0.717, 1.165) is 10.1 Å². The maximum absolute atomic E-state index is 5.89. The van der Waals surface area contributed by atoms with E-state index in [2.05, 4.69) is 18.8 Å². The molecule has 1 aromatic heterocycles. The molecule has 0 radical (unpaired) electrons. The molecule has 0 saturated carbocycles. The van der Waals surface area contributed by atoms with Crippen molar-refractivity contribution < 1.29 is 0 Å². The molecule has 1 aromatic rings. The summed E-state index contributed by atoms with van der Waals surface area (Å²) in [5, 5.41) is 1.99. The van der Waals surface area contributed by atoms with E-state index in [4.69, 9.17) is 5.73 Å². The molecule has 0 aliphatic carbocycles. The van der Waals surface area contributed by atoms with Crippen LogP contribution in [0.3, 0.4) is 0 Å². The van der Waals surface area contributed by atoms with Crippen molar-refractivity contribution in [2.24, 2.45) is 11.7 Å². The lowest BCUT2D eigenvalue weighted by molar-refractivity contribution is 0.535. The van der Waals surface area contributed by atoms with Crippen molar-refractivity contribution in [2.45, 2.75) is 24.2 Å². The van der Waals surface area contributed by atoms with Gasteiger partial charge in [0.05, 0.1) is 0 Å². The van der Waals surface area contributed by atoms with Gasteiger partial charge in [0.15, 0.2) is 0 Å². The second kappa shape index (κ2) is 4.84. The molecule has 1 rings (SSSR count). The Labute approximate surface area is 81.6 Å². The van der Waals surface area contributed by atoms with Crippen LogP contribution in [0.4, 0.5) is 0 Å². The number of thioether (sulfide) groups is 1. The summed E-state index contributed by atoms with van der Waals surface area (Å²) < 4.78 is 1.12. The zero-order valence-corrected chi connectivity index (χ0v) is 8.99. The van der Waals surface area contributed by atoms with Crippen LogP contribution < -0.4 is 5.73 Å². The van der Waals surface area contributed by atoms with E-state index in [1.54, 1.807) is 23.1 Å². The highest BCUT2D eigenvalue weighted by Gasteiger charge is 2.08. The van der Waals surface area contributed by atoms with Crippen LogP contribution in [0.25, 0.3) is 0 Å². The molecule has 0 aliphatic rings. The number of nitrogens with zero attached hydrogens (tertiary/aromatic N) is 1. The van der Waals surface area contributed by atoms with Crippen molar-refractivity contribution in [3.8, 4) is 0 Å². The van der Waals surface area contributed by atoms with Crippen LogP contribution >= 0.6 is 23.1 Å². The molecule has 1 heterocycles. The quantitative estimate of drug-likeness (QED) is 0.761. The van der Waals surface area contributed by atoms with Gasteiger partial charge in [0.25, 0.3) is 0 Å². The summed E-state index contributed by atoms with van der Waals surface area (Å²) in [6, 6.07) is 0.277. The smallest absolute Gasteiger partial charge is 0.149 e. The maximum Gasteiger partial charge on any atom is 0.149 e. The Morgan fingerprint density at radius 3 is 2.92 bits per heavy atom. The number of nitrogens with two attached hydrogens (primary N) is 1. The molecule has 0 amide bonds. The Morgan fingerprint density at radius 2 is 2.42 bits per heavy atom. The topological polar surface area (TPSA) is 38.9 Å². The molecule has 0 fully saturated rings. The Morgan fingerprint density at radius 1 is 1.67 bits per heavy atom. The zero-order valence-electron chi connectivity index (χ0n) is 7.36. The summed E-state index contributed by atoms with van der Waals surface area (Å²) in [4.78, 5) is 4.17. The first kappa shape index (κ1) is 10.0. The summed E-state index contributed by atoms with van der Waals surface area (Å²) in [6.07, 6.45) is 1.83. The van der Waals surface area contributed by atoms with E-state index >= 15 is 0 Å². The maximum atomic E-state index is 5.89. The van der Waals surface area contributed by atoms with E-state index in [-0.39, 0.29) is 6.04 Å². The highest BCUT2D eigenvalue weighted by Crippen LogP contribution is 2.21. The van der Waals surface area contributed by atoms with E-state index in [0.29, 0.717) is 5.92 Å². The van der Waals surface area contributed by atoms with Crippen molar-refractivity contribution in [3.05, 3.63) is 11.6 Å². The van der Waals surface area contributed by atoms with Crippen LogP contribution in [0.15, 0.2) is 15.9 Å². The lowest BCUT2D eigenvalue weighted by atomic mass is 10.1. The van der Waals surface area contributed by atoms with Gasteiger partial charge in [0, 0.05) is 23.4 Å². The van der Waals surface area contributed by atoms with E-state index in [9.17, 15) is 0 Å². The van der Waals surface area contributed by atoms with Crippen LogP contribution in [0.5, 0.6) is 0 Å². The third-order valence-electron chi connectivity index (χ3n) is 1.67. The van der Waals surface area contributed by atoms with Crippen LogP contribution in [0.1, 0.15) is 13.8 Å². The number of thiazole rings is 1. The third-order valence-corrected chi connectivity index (χ3v) is 3.78. The van der Waals surface area contributed by atoms with Gasteiger partial charge in [-0.25, -0.2) is 4.98 Å². The molecule has 2 nitrogen and oxygen atoms in total. The minimum atomic E-state index is 0.277. The molecule has 12 heavy (non-hydrogen) atoms. The predicted molar refractivity (Wildman–Crippen MR) is 55.7 cm³/mol. The van der Waals surface area contributed by atoms with Crippen molar-refractivity contribution in [2.75, 3.05) is 5.75 Å². The standard InChI is InChI=1S/C8H14N2S2/c1-6(2)7(9)5-12-8-10-3-4-11-8/h3-4,6-7H,5,9H2,1-2H3. The van der Waals surface area contributed by atoms with E-state index in [1.165, 1.54) is 0 Å². The largest absolute Gasteiger partial charge is 0.327 e. The molecule has 1 unspecified atom stereocenters. The monoisotopic (exact) mass is 202 g/mol. The average molecular weight is 202 g/mol. The normalized spacial score (nSPS) is 13.7. The van der Waals surface area contributed by atoms with E-state index < -0.39 is 0 Å². The van der Waals surface area contributed by atoms with Crippen LogP contribution in [0.2, 0.25) is 0 Å². The Bertz CT molecular complexity index is 209. The highest BCUT2D eigenvalue weighted by atomic mass is 32.2. The summed E-state index contributed by atoms with van der Waals surface area (Å²) in [5.41, 5.74) is 5.89. The van der Waals surface area contributed by atoms with Crippen molar-refractivity contribution in [1.82, 2.24) is 4.98 Å². The minimum Gasteiger partial charge on any atom is -0.327 e. The van der Waals surface area contributed by atoms with Gasteiger partial charge in [-0.15, -0.1) is 11.3 Å². The highest BCUT2D eigenvalue weighted by molar-refractivity contribution is 8.01. The van der Waals surface area contributed by atoms with Crippen LogP contribution in [0, 0.1) is 5.92 Å². The SMILES string of the molecule is CC(C)C(N)CSc1nccs1. The molecule has 2 N–H and O–H groups in total. The molecule has 4 heteroatoms. The average Bonchev–Trinajstić information content (AvgIpc) is 2.51. The summed E-state index contributed by atoms with van der Waals surface area (Å²) in [7, 11) is 0. The molecule has 0 aromatic carbocycles. The fourth-order valence-corrected chi connectivity index (χ4v) is 2.50. The van der Waals surface area contributed by atoms with Crippen LogP contribution in [-0.4, -0.2) is 16.8 Å². The molecule has 1 atom stereocenters. The summed E-state index contributed by atoms with van der Waals surface area (Å²) >= 11 is 3.42. The number of rotatable bonds is 4. The van der Waals surface area contributed by atoms with Crippen LogP contribution in [-0.2, 0) is 0 Å². The lowest BCUT2D eigenvalue weighted by Gasteiger charge is -2.13. The first-order valence-corrected chi connectivity index (χ1v) is 5.84. The fourth-order valence-electron chi connectivity index (χ4n) is 0.642. The number of aromatic nitrogens is 1. The van der Waals surface area contributed by atoms with Gasteiger partial charge in [-0.1, -0.05) is 25.6 Å². The summed E-state index contributed by atoms with van der Waals surface area (Å²) in [6.45, 7) is 4.29. The fraction of sp³-hybridized carbons (Fsp3) is 0.625. The lowest BCUT2D eigenvalue weighted by Crippen LogP contribution is -2.28. The molecule has 0 spiro atoms. The number of hydrogen-bond acceptors (Lipinski definition) is 4. The van der Waals surface area contributed by atoms with Gasteiger partial charge >= 0.3 is 0 Å². The molecule has 0 aliphatic heterocycles. The predicted octanol–water partition coefficient (Wildman–Crippen LogP) is 2.22. The van der Waals surface area contributed by atoms with Gasteiger partial charge in [0.2, 0.25) is 0 Å². The van der Waals surface area contributed by atoms with Crippen molar-refractivity contribution in [3.63, 3.8) is 0 Å². The van der Waals surface area contributed by atoms with Gasteiger partial charge < -0.3 is 5.73 Å². The first-order valence-electron chi connectivity index (χ1n) is 3.98. The van der Waals surface area contributed by atoms with Gasteiger partial charge in [0.1, 0.15) is 4.34 Å². The van der Waals surface area contributed by atoms with Gasteiger partial charge in [-0.05, 0) is 5.92 Å². The minimum absolute atomic E-state index is 0.277. The van der Waals surface area contributed by atoms with Crippen molar-refractivity contribution >= 4 is 23.1 Å². The summed E-state index contributed by atoms with van der Waals surface area (Å²) in [5.74, 6) is 1.52. The van der Waals surface area contributed by atoms with E-state index in [1.807, 2.05) is 11.6 Å². The molecular formula is C8H14N2S2. The first-order chi connectivity index (χ1) is 5.70. The molecule has 0 saturated heterocycles. The Hall–Kier alpha value is -0.0600. The van der Waals surface area contributed by atoms with Gasteiger partial charge in [-0.2, -0.15) is 0 Å².